The fourth-order valence-electron chi connectivity index (χ4n) is 2.08. The highest BCUT2D eigenvalue weighted by Gasteiger charge is 2.17. The van der Waals surface area contributed by atoms with Crippen LogP contribution >= 0.6 is 0 Å². The molecule has 0 aliphatic rings. The van der Waals surface area contributed by atoms with Crippen LogP contribution < -0.4 is 4.74 Å². The van der Waals surface area contributed by atoms with E-state index in [9.17, 15) is 4.79 Å². The highest BCUT2D eigenvalue weighted by molar-refractivity contribution is 5.79. The third-order valence-electron chi connectivity index (χ3n) is 2.91. The summed E-state index contributed by atoms with van der Waals surface area (Å²) in [6, 6.07) is 7.80. The monoisotopic (exact) mass is 246 g/mol. The van der Waals surface area contributed by atoms with Crippen LogP contribution in [0.5, 0.6) is 5.75 Å². The summed E-state index contributed by atoms with van der Waals surface area (Å²) >= 11 is 0. The molecule has 1 aromatic rings. The summed E-state index contributed by atoms with van der Waals surface area (Å²) in [7, 11) is 1.65. The van der Waals surface area contributed by atoms with Crippen molar-refractivity contribution in [1.29, 1.82) is 0 Å². The van der Waals surface area contributed by atoms with Gasteiger partial charge in [-0.3, -0.25) is 4.79 Å². The number of allylic oxidation sites excluding steroid dienone is 1. The van der Waals surface area contributed by atoms with Gasteiger partial charge in [0, 0.05) is 24.3 Å². The van der Waals surface area contributed by atoms with Crippen LogP contribution in [0.2, 0.25) is 0 Å². The number of ether oxygens (including phenoxy) is 1. The van der Waals surface area contributed by atoms with E-state index < -0.39 is 0 Å². The van der Waals surface area contributed by atoms with E-state index in [-0.39, 0.29) is 11.7 Å². The molecule has 0 aliphatic heterocycles. The molecule has 0 aromatic heterocycles. The minimum atomic E-state index is 0.0346. The van der Waals surface area contributed by atoms with Gasteiger partial charge < -0.3 is 4.74 Å². The van der Waals surface area contributed by atoms with Crippen molar-refractivity contribution in [2.24, 2.45) is 5.92 Å². The lowest BCUT2D eigenvalue weighted by Crippen LogP contribution is -2.08. The van der Waals surface area contributed by atoms with E-state index in [1.165, 1.54) is 0 Å². The van der Waals surface area contributed by atoms with Gasteiger partial charge in [0.25, 0.3) is 0 Å². The predicted molar refractivity (Wildman–Crippen MR) is 75.0 cm³/mol. The molecule has 1 aromatic carbocycles. The molecule has 0 saturated heterocycles. The molecule has 0 aliphatic carbocycles. The predicted octanol–water partition coefficient (Wildman–Crippen LogP) is 3.97. The lowest BCUT2D eigenvalue weighted by atomic mass is 9.90. The Labute approximate surface area is 110 Å². The van der Waals surface area contributed by atoms with E-state index in [1.54, 1.807) is 7.11 Å². The topological polar surface area (TPSA) is 26.3 Å². The first kappa shape index (κ1) is 14.5. The number of rotatable bonds is 7. The summed E-state index contributed by atoms with van der Waals surface area (Å²) in [5.74, 6) is 1.54. The molecule has 0 heterocycles. The number of benzene rings is 1. The fraction of sp³-hybridized carbons (Fsp3) is 0.438. The quantitative estimate of drug-likeness (QED) is 0.680. The molecule has 0 saturated carbocycles. The second-order valence-corrected chi connectivity index (χ2v) is 4.92. The van der Waals surface area contributed by atoms with E-state index in [2.05, 4.69) is 20.4 Å². The van der Waals surface area contributed by atoms with E-state index in [4.69, 9.17) is 4.74 Å². The molecule has 1 rings (SSSR count). The maximum atomic E-state index is 11.9. The molecule has 1 atom stereocenters. The number of para-hydroxylation sites is 1. The van der Waals surface area contributed by atoms with Crippen molar-refractivity contribution >= 4 is 5.78 Å². The average molecular weight is 246 g/mol. The number of hydrogen-bond donors (Lipinski definition) is 0. The summed E-state index contributed by atoms with van der Waals surface area (Å²) < 4.78 is 5.33. The SMILES string of the molecule is C=C[C@@H](CC(=O)CC(C)C)c1ccccc1OC. The van der Waals surface area contributed by atoms with Gasteiger partial charge in [-0.15, -0.1) is 6.58 Å². The molecule has 0 spiro atoms. The second-order valence-electron chi connectivity index (χ2n) is 4.92. The van der Waals surface area contributed by atoms with Crippen molar-refractivity contribution in [2.75, 3.05) is 7.11 Å². The lowest BCUT2D eigenvalue weighted by molar-refractivity contribution is -0.119. The number of methoxy groups -OCH3 is 1. The molecule has 0 amide bonds. The Kier molecular flexibility index (Phi) is 5.63. The minimum absolute atomic E-state index is 0.0346. The van der Waals surface area contributed by atoms with E-state index in [0.29, 0.717) is 18.8 Å². The molecule has 0 N–H and O–H groups in total. The van der Waals surface area contributed by atoms with Crippen LogP contribution in [0, 0.1) is 5.92 Å². The van der Waals surface area contributed by atoms with Crippen molar-refractivity contribution < 1.29 is 9.53 Å². The number of hydrogen-bond acceptors (Lipinski definition) is 2. The molecule has 0 fully saturated rings. The first-order valence-corrected chi connectivity index (χ1v) is 6.35. The zero-order valence-corrected chi connectivity index (χ0v) is 11.5. The maximum Gasteiger partial charge on any atom is 0.134 e. The Bertz CT molecular complexity index is 407. The van der Waals surface area contributed by atoms with Gasteiger partial charge in [-0.25, -0.2) is 0 Å². The van der Waals surface area contributed by atoms with Gasteiger partial charge >= 0.3 is 0 Å². The number of Topliss-reactive ketones (excluding diaryl/α,β-unsaturated/α-hetero) is 1. The minimum Gasteiger partial charge on any atom is -0.496 e. The fourth-order valence-corrected chi connectivity index (χ4v) is 2.08. The zero-order chi connectivity index (χ0) is 13.5. The van der Waals surface area contributed by atoms with E-state index in [0.717, 1.165) is 11.3 Å². The lowest BCUT2D eigenvalue weighted by Gasteiger charge is -2.16. The maximum absolute atomic E-state index is 11.9. The van der Waals surface area contributed by atoms with E-state index >= 15 is 0 Å². The Morgan fingerprint density at radius 1 is 1.33 bits per heavy atom. The van der Waals surface area contributed by atoms with Crippen LogP contribution in [0.3, 0.4) is 0 Å². The van der Waals surface area contributed by atoms with Crippen molar-refractivity contribution in [3.63, 3.8) is 0 Å². The Morgan fingerprint density at radius 2 is 2.00 bits per heavy atom. The Morgan fingerprint density at radius 3 is 2.56 bits per heavy atom. The summed E-state index contributed by atoms with van der Waals surface area (Å²) in [4.78, 5) is 11.9. The van der Waals surface area contributed by atoms with Gasteiger partial charge in [-0.1, -0.05) is 38.1 Å². The van der Waals surface area contributed by atoms with Gasteiger partial charge in [0.15, 0.2) is 0 Å². The number of carbonyl (C=O) groups excluding carboxylic acids is 1. The van der Waals surface area contributed by atoms with Gasteiger partial charge in [0.05, 0.1) is 7.11 Å². The molecule has 2 nitrogen and oxygen atoms in total. The first-order valence-electron chi connectivity index (χ1n) is 6.35. The largest absolute Gasteiger partial charge is 0.496 e. The van der Waals surface area contributed by atoms with Crippen LogP contribution in [0.4, 0.5) is 0 Å². The van der Waals surface area contributed by atoms with Crippen LogP contribution in [-0.4, -0.2) is 12.9 Å². The summed E-state index contributed by atoms with van der Waals surface area (Å²) in [5, 5.41) is 0. The first-order chi connectivity index (χ1) is 8.58. The zero-order valence-electron chi connectivity index (χ0n) is 11.5. The van der Waals surface area contributed by atoms with Crippen molar-refractivity contribution in [3.8, 4) is 5.75 Å². The standard InChI is InChI=1S/C16H22O2/c1-5-13(11-14(17)10-12(2)3)15-8-6-7-9-16(15)18-4/h5-9,12-13H,1,10-11H2,2-4H3/t13-/m0/s1. The van der Waals surface area contributed by atoms with Crippen molar-refractivity contribution in [3.05, 3.63) is 42.5 Å². The van der Waals surface area contributed by atoms with Gasteiger partial charge in [0.2, 0.25) is 0 Å². The molecule has 2 heteroatoms. The van der Waals surface area contributed by atoms with Crippen molar-refractivity contribution in [1.82, 2.24) is 0 Å². The molecular weight excluding hydrogens is 224 g/mol. The van der Waals surface area contributed by atoms with Crippen LogP contribution in [-0.2, 0) is 4.79 Å². The Hall–Kier alpha value is -1.57. The van der Waals surface area contributed by atoms with Crippen molar-refractivity contribution in [2.45, 2.75) is 32.6 Å². The Balaban J connectivity index is 2.83. The molecule has 0 radical (unpaired) electrons. The van der Waals surface area contributed by atoms with Gasteiger partial charge in [0.1, 0.15) is 11.5 Å². The molecule has 98 valence electrons. The smallest absolute Gasteiger partial charge is 0.134 e. The van der Waals surface area contributed by atoms with Gasteiger partial charge in [-0.05, 0) is 12.0 Å². The summed E-state index contributed by atoms with van der Waals surface area (Å²) in [6.45, 7) is 7.96. The number of carbonyl (C=O) groups is 1. The normalized spacial score (nSPS) is 12.2. The average Bonchev–Trinajstić information content (AvgIpc) is 2.35. The number of ketones is 1. The third kappa shape index (κ3) is 4.02. The van der Waals surface area contributed by atoms with Crippen LogP contribution in [0.15, 0.2) is 36.9 Å². The van der Waals surface area contributed by atoms with Gasteiger partial charge in [-0.2, -0.15) is 0 Å². The summed E-state index contributed by atoms with van der Waals surface area (Å²) in [6.07, 6.45) is 2.96. The molecule has 0 unspecified atom stereocenters. The summed E-state index contributed by atoms with van der Waals surface area (Å²) in [5.41, 5.74) is 1.03. The molecule has 18 heavy (non-hydrogen) atoms. The molecule has 0 bridgehead atoms. The van der Waals surface area contributed by atoms with E-state index in [1.807, 2.05) is 30.3 Å². The molecular formula is C16H22O2. The second kappa shape index (κ2) is 7.00. The third-order valence-corrected chi connectivity index (χ3v) is 2.91. The highest BCUT2D eigenvalue weighted by atomic mass is 16.5. The highest BCUT2D eigenvalue weighted by Crippen LogP contribution is 2.30. The van der Waals surface area contributed by atoms with Crippen LogP contribution in [0.1, 0.15) is 38.2 Å². The van der Waals surface area contributed by atoms with Crippen LogP contribution in [0.25, 0.3) is 0 Å².